The molecule has 0 spiro atoms. The summed E-state index contributed by atoms with van der Waals surface area (Å²) in [5, 5.41) is 0. The van der Waals surface area contributed by atoms with E-state index in [-0.39, 0.29) is 5.56 Å². The number of carbonyl (C=O) groups is 1. The highest BCUT2D eigenvalue weighted by Crippen LogP contribution is 2.21. The predicted octanol–water partition coefficient (Wildman–Crippen LogP) is 3.80. The molecule has 2 nitrogen and oxygen atoms in total. The number of hydrogen-bond acceptors (Lipinski definition) is 2. The van der Waals surface area contributed by atoms with Gasteiger partial charge in [-0.3, -0.25) is 0 Å². The van der Waals surface area contributed by atoms with Crippen LogP contribution in [0.5, 0.6) is 5.75 Å². The average molecular weight is 262 g/mol. The SMILES string of the molecule is Cc1ccc(OC(=O)c2ccc(F)cc2F)c(C)c1. The van der Waals surface area contributed by atoms with Crippen LogP contribution in [0.3, 0.4) is 0 Å². The summed E-state index contributed by atoms with van der Waals surface area (Å²) in [5.74, 6) is -2.15. The van der Waals surface area contributed by atoms with Gasteiger partial charge in [0.25, 0.3) is 0 Å². The molecule has 0 atom stereocenters. The molecule has 0 saturated carbocycles. The van der Waals surface area contributed by atoms with Crippen molar-refractivity contribution < 1.29 is 18.3 Å². The van der Waals surface area contributed by atoms with Crippen molar-refractivity contribution in [3.8, 4) is 5.75 Å². The lowest BCUT2D eigenvalue weighted by Gasteiger charge is -2.08. The fourth-order valence-electron chi connectivity index (χ4n) is 1.72. The van der Waals surface area contributed by atoms with Gasteiger partial charge in [-0.2, -0.15) is 0 Å². The van der Waals surface area contributed by atoms with E-state index in [2.05, 4.69) is 0 Å². The Kier molecular flexibility index (Phi) is 3.60. The third-order valence-electron chi connectivity index (χ3n) is 2.68. The maximum Gasteiger partial charge on any atom is 0.346 e. The summed E-state index contributed by atoms with van der Waals surface area (Å²) in [6.07, 6.45) is 0. The quantitative estimate of drug-likeness (QED) is 0.607. The first kappa shape index (κ1) is 13.2. The normalized spacial score (nSPS) is 10.3. The molecular weight excluding hydrogens is 250 g/mol. The first-order valence-corrected chi connectivity index (χ1v) is 5.72. The summed E-state index contributed by atoms with van der Waals surface area (Å²) >= 11 is 0. The first-order valence-electron chi connectivity index (χ1n) is 5.72. The van der Waals surface area contributed by atoms with Crippen LogP contribution in [0, 0.1) is 25.5 Å². The number of halogens is 2. The molecule has 2 aromatic carbocycles. The standard InChI is InChI=1S/C15H12F2O2/c1-9-3-6-14(10(2)7-9)19-15(18)12-5-4-11(16)8-13(12)17/h3-8H,1-2H3. The second kappa shape index (κ2) is 5.18. The topological polar surface area (TPSA) is 26.3 Å². The Balaban J connectivity index is 2.25. The number of benzene rings is 2. The van der Waals surface area contributed by atoms with Gasteiger partial charge in [-0.25, -0.2) is 13.6 Å². The van der Waals surface area contributed by atoms with Crippen molar-refractivity contribution in [2.24, 2.45) is 0 Å². The fourth-order valence-corrected chi connectivity index (χ4v) is 1.72. The van der Waals surface area contributed by atoms with Gasteiger partial charge in [-0.15, -0.1) is 0 Å². The minimum absolute atomic E-state index is 0.290. The van der Waals surface area contributed by atoms with E-state index >= 15 is 0 Å². The molecule has 0 aromatic heterocycles. The predicted molar refractivity (Wildman–Crippen MR) is 67.2 cm³/mol. The molecule has 0 saturated heterocycles. The van der Waals surface area contributed by atoms with Gasteiger partial charge in [0.2, 0.25) is 0 Å². The van der Waals surface area contributed by atoms with Crippen LogP contribution in [0.1, 0.15) is 21.5 Å². The molecule has 0 fully saturated rings. The summed E-state index contributed by atoms with van der Waals surface area (Å²) in [7, 11) is 0. The van der Waals surface area contributed by atoms with Crippen molar-refractivity contribution in [1.82, 2.24) is 0 Å². The van der Waals surface area contributed by atoms with E-state index in [1.165, 1.54) is 0 Å². The molecule has 0 aliphatic rings. The number of esters is 1. The van der Waals surface area contributed by atoms with Gasteiger partial charge in [0.1, 0.15) is 17.4 Å². The van der Waals surface area contributed by atoms with E-state index < -0.39 is 17.6 Å². The molecule has 4 heteroatoms. The molecule has 98 valence electrons. The van der Waals surface area contributed by atoms with Crippen molar-refractivity contribution in [1.29, 1.82) is 0 Å². The molecule has 0 aliphatic carbocycles. The lowest BCUT2D eigenvalue weighted by Crippen LogP contribution is -2.11. The smallest absolute Gasteiger partial charge is 0.346 e. The lowest BCUT2D eigenvalue weighted by atomic mass is 10.1. The van der Waals surface area contributed by atoms with Crippen LogP contribution < -0.4 is 4.74 Å². The molecule has 0 heterocycles. The van der Waals surface area contributed by atoms with Crippen molar-refractivity contribution >= 4 is 5.97 Å². The van der Waals surface area contributed by atoms with Crippen molar-refractivity contribution in [3.63, 3.8) is 0 Å². The fraction of sp³-hybridized carbons (Fsp3) is 0.133. The largest absolute Gasteiger partial charge is 0.423 e. The zero-order chi connectivity index (χ0) is 14.0. The van der Waals surface area contributed by atoms with Crippen molar-refractivity contribution in [2.45, 2.75) is 13.8 Å². The minimum Gasteiger partial charge on any atom is -0.423 e. The van der Waals surface area contributed by atoms with E-state index in [9.17, 15) is 13.6 Å². The van der Waals surface area contributed by atoms with E-state index in [4.69, 9.17) is 4.74 Å². The Morgan fingerprint density at radius 3 is 2.42 bits per heavy atom. The molecular formula is C15H12F2O2. The zero-order valence-electron chi connectivity index (χ0n) is 10.5. The number of aryl methyl sites for hydroxylation is 2. The maximum absolute atomic E-state index is 13.4. The monoisotopic (exact) mass is 262 g/mol. The average Bonchev–Trinajstić information content (AvgIpc) is 2.32. The van der Waals surface area contributed by atoms with Crippen LogP contribution in [-0.4, -0.2) is 5.97 Å². The summed E-state index contributed by atoms with van der Waals surface area (Å²) in [6.45, 7) is 3.70. The Morgan fingerprint density at radius 1 is 1.05 bits per heavy atom. The van der Waals surface area contributed by atoms with Gasteiger partial charge < -0.3 is 4.74 Å². The summed E-state index contributed by atoms with van der Waals surface area (Å²) in [4.78, 5) is 11.8. The van der Waals surface area contributed by atoms with Crippen molar-refractivity contribution in [2.75, 3.05) is 0 Å². The number of carbonyl (C=O) groups excluding carboxylic acids is 1. The molecule has 0 unspecified atom stereocenters. The van der Waals surface area contributed by atoms with Crippen LogP contribution in [-0.2, 0) is 0 Å². The molecule has 0 aliphatic heterocycles. The van der Waals surface area contributed by atoms with Crippen LogP contribution in [0.25, 0.3) is 0 Å². The minimum atomic E-state index is -0.935. The Hall–Kier alpha value is -2.23. The highest BCUT2D eigenvalue weighted by molar-refractivity contribution is 5.91. The molecule has 0 amide bonds. The van der Waals surface area contributed by atoms with E-state index in [1.807, 2.05) is 13.0 Å². The van der Waals surface area contributed by atoms with Crippen LogP contribution in [0.15, 0.2) is 36.4 Å². The van der Waals surface area contributed by atoms with Gasteiger partial charge in [0.05, 0.1) is 5.56 Å². The zero-order valence-corrected chi connectivity index (χ0v) is 10.5. The Bertz CT molecular complexity index is 636. The van der Waals surface area contributed by atoms with Crippen LogP contribution in [0.4, 0.5) is 8.78 Å². The van der Waals surface area contributed by atoms with Gasteiger partial charge in [0.15, 0.2) is 0 Å². The van der Waals surface area contributed by atoms with Gasteiger partial charge in [-0.1, -0.05) is 17.7 Å². The third-order valence-corrected chi connectivity index (χ3v) is 2.68. The maximum atomic E-state index is 13.4. The Morgan fingerprint density at radius 2 is 1.79 bits per heavy atom. The van der Waals surface area contributed by atoms with Crippen LogP contribution >= 0.6 is 0 Å². The summed E-state index contributed by atoms with van der Waals surface area (Å²) in [6, 6.07) is 8.01. The summed E-state index contributed by atoms with van der Waals surface area (Å²) in [5.41, 5.74) is 1.52. The molecule has 0 radical (unpaired) electrons. The second-order valence-electron chi connectivity index (χ2n) is 4.28. The van der Waals surface area contributed by atoms with E-state index in [1.54, 1.807) is 19.1 Å². The molecule has 0 bridgehead atoms. The van der Waals surface area contributed by atoms with Gasteiger partial charge >= 0.3 is 5.97 Å². The first-order chi connectivity index (χ1) is 8.97. The van der Waals surface area contributed by atoms with Gasteiger partial charge in [-0.05, 0) is 37.6 Å². The molecule has 19 heavy (non-hydrogen) atoms. The number of ether oxygens (including phenoxy) is 1. The van der Waals surface area contributed by atoms with Crippen molar-refractivity contribution in [3.05, 3.63) is 64.7 Å². The summed E-state index contributed by atoms with van der Waals surface area (Å²) < 4.78 is 31.3. The number of hydrogen-bond donors (Lipinski definition) is 0. The van der Waals surface area contributed by atoms with Crippen LogP contribution in [0.2, 0.25) is 0 Å². The second-order valence-corrected chi connectivity index (χ2v) is 4.28. The van der Waals surface area contributed by atoms with E-state index in [0.717, 1.165) is 23.3 Å². The highest BCUT2D eigenvalue weighted by atomic mass is 19.1. The molecule has 0 N–H and O–H groups in total. The van der Waals surface area contributed by atoms with E-state index in [0.29, 0.717) is 11.8 Å². The van der Waals surface area contributed by atoms with Gasteiger partial charge in [0, 0.05) is 6.07 Å². The third kappa shape index (κ3) is 2.96. The lowest BCUT2D eigenvalue weighted by molar-refractivity contribution is 0.0728. The highest BCUT2D eigenvalue weighted by Gasteiger charge is 2.15. The Labute approximate surface area is 109 Å². The molecule has 2 aromatic rings. The molecule has 2 rings (SSSR count). The number of rotatable bonds is 2.